The number of pyridine rings is 1. The molecule has 3 rings (SSSR count). The van der Waals surface area contributed by atoms with E-state index in [-0.39, 0.29) is 28.5 Å². The fourth-order valence-electron chi connectivity index (χ4n) is 3.64. The average Bonchev–Trinajstić information content (AvgIpc) is 2.81. The Morgan fingerprint density at radius 3 is 2.78 bits per heavy atom. The summed E-state index contributed by atoms with van der Waals surface area (Å²) in [7, 11) is 1.57. The second-order valence-corrected chi connectivity index (χ2v) is 7.52. The molecule has 0 saturated carbocycles. The molecule has 3 heterocycles. The third kappa shape index (κ3) is 5.12. The molecule has 0 aromatic carbocycles. The number of hydrogen-bond acceptors (Lipinski definition) is 7. The summed E-state index contributed by atoms with van der Waals surface area (Å²) in [6, 6.07) is 7.07. The van der Waals surface area contributed by atoms with Crippen molar-refractivity contribution in [2.75, 3.05) is 38.3 Å². The van der Waals surface area contributed by atoms with Gasteiger partial charge in [-0.1, -0.05) is 6.07 Å². The van der Waals surface area contributed by atoms with Gasteiger partial charge in [-0.25, -0.2) is 4.98 Å². The number of fused-ring (bicyclic) bond motifs is 1. The average molecular weight is 438 g/mol. The molecule has 2 aromatic rings. The standard InChI is InChI=1S/C22H26N6O4/c1-32-12-4-8-25-21(30)16(14-23)13-17-20(27-10-6-15(7-11-27)19(24)29)26-18-5-2-3-9-28(18)22(17)31/h2-3,5,9,13,15H,4,6-8,10-12H2,1H3,(H2,24,29)(H,25,30). The summed E-state index contributed by atoms with van der Waals surface area (Å²) in [5.41, 5.74) is 5.45. The van der Waals surface area contributed by atoms with Crippen LogP contribution < -0.4 is 21.5 Å². The van der Waals surface area contributed by atoms with Gasteiger partial charge in [0, 0.05) is 45.5 Å². The van der Waals surface area contributed by atoms with Gasteiger partial charge >= 0.3 is 0 Å². The Bertz CT molecular complexity index is 1130. The van der Waals surface area contributed by atoms with Crippen LogP contribution in [0, 0.1) is 17.2 Å². The summed E-state index contributed by atoms with van der Waals surface area (Å²) in [6.45, 7) is 1.78. The number of carbonyl (C=O) groups excluding carboxylic acids is 2. The highest BCUT2D eigenvalue weighted by atomic mass is 16.5. The second kappa shape index (κ2) is 10.5. The van der Waals surface area contributed by atoms with Gasteiger partial charge in [0.1, 0.15) is 23.1 Å². The van der Waals surface area contributed by atoms with Crippen LogP contribution >= 0.6 is 0 Å². The molecule has 1 aliphatic heterocycles. The van der Waals surface area contributed by atoms with Crippen molar-refractivity contribution in [2.24, 2.45) is 11.7 Å². The number of hydrogen-bond donors (Lipinski definition) is 2. The highest BCUT2D eigenvalue weighted by Crippen LogP contribution is 2.25. The highest BCUT2D eigenvalue weighted by molar-refractivity contribution is 6.02. The molecule has 3 N–H and O–H groups in total. The Hall–Kier alpha value is -3.71. The minimum Gasteiger partial charge on any atom is -0.385 e. The lowest BCUT2D eigenvalue weighted by Gasteiger charge is -2.32. The summed E-state index contributed by atoms with van der Waals surface area (Å²) in [4.78, 5) is 43.8. The van der Waals surface area contributed by atoms with E-state index in [1.165, 1.54) is 10.5 Å². The van der Waals surface area contributed by atoms with Crippen LogP contribution in [0.4, 0.5) is 5.82 Å². The fourth-order valence-corrected chi connectivity index (χ4v) is 3.64. The number of amides is 2. The molecule has 168 valence electrons. The first-order valence-electron chi connectivity index (χ1n) is 10.4. The Labute approximate surface area is 185 Å². The van der Waals surface area contributed by atoms with Crippen molar-refractivity contribution < 1.29 is 14.3 Å². The molecular formula is C22H26N6O4. The number of aromatic nitrogens is 2. The van der Waals surface area contributed by atoms with Gasteiger partial charge in [-0.3, -0.25) is 18.8 Å². The van der Waals surface area contributed by atoms with Crippen LogP contribution in [0.3, 0.4) is 0 Å². The molecule has 0 unspecified atom stereocenters. The fraction of sp³-hybridized carbons (Fsp3) is 0.409. The zero-order chi connectivity index (χ0) is 23.1. The van der Waals surface area contributed by atoms with E-state index in [0.717, 1.165) is 0 Å². The largest absolute Gasteiger partial charge is 0.385 e. The van der Waals surface area contributed by atoms with Crippen LogP contribution in [0.2, 0.25) is 0 Å². The topological polar surface area (TPSA) is 143 Å². The Morgan fingerprint density at radius 1 is 1.38 bits per heavy atom. The number of nitrogens with one attached hydrogen (secondary N) is 1. The van der Waals surface area contributed by atoms with Crippen molar-refractivity contribution in [3.63, 3.8) is 0 Å². The lowest BCUT2D eigenvalue weighted by Crippen LogP contribution is -2.40. The lowest BCUT2D eigenvalue weighted by atomic mass is 9.96. The molecule has 0 radical (unpaired) electrons. The first-order chi connectivity index (χ1) is 15.5. The van der Waals surface area contributed by atoms with Gasteiger partial charge in [0.05, 0.1) is 5.56 Å². The number of rotatable bonds is 8. The molecular weight excluding hydrogens is 412 g/mol. The molecule has 2 amide bonds. The number of nitriles is 1. The van der Waals surface area contributed by atoms with Gasteiger partial charge in [0.2, 0.25) is 5.91 Å². The third-order valence-electron chi connectivity index (χ3n) is 5.41. The molecule has 10 nitrogen and oxygen atoms in total. The van der Waals surface area contributed by atoms with Crippen molar-refractivity contribution in [1.29, 1.82) is 5.26 Å². The summed E-state index contributed by atoms with van der Waals surface area (Å²) < 4.78 is 6.32. The molecule has 1 fully saturated rings. The number of nitrogens with zero attached hydrogens (tertiary/aromatic N) is 4. The lowest BCUT2D eigenvalue weighted by molar-refractivity contribution is -0.122. The summed E-state index contributed by atoms with van der Waals surface area (Å²) in [5, 5.41) is 12.2. The van der Waals surface area contributed by atoms with Crippen LogP contribution in [-0.2, 0) is 14.3 Å². The van der Waals surface area contributed by atoms with Crippen molar-refractivity contribution in [3.8, 4) is 6.07 Å². The number of methoxy groups -OCH3 is 1. The Morgan fingerprint density at radius 2 is 2.12 bits per heavy atom. The smallest absolute Gasteiger partial charge is 0.267 e. The molecule has 2 aromatic heterocycles. The van der Waals surface area contributed by atoms with E-state index in [0.29, 0.717) is 57.0 Å². The normalized spacial score (nSPS) is 14.9. The van der Waals surface area contributed by atoms with Gasteiger partial charge in [0.15, 0.2) is 0 Å². The molecule has 1 saturated heterocycles. The molecule has 10 heteroatoms. The predicted molar refractivity (Wildman–Crippen MR) is 119 cm³/mol. The maximum atomic E-state index is 13.3. The zero-order valence-electron chi connectivity index (χ0n) is 17.9. The quantitative estimate of drug-likeness (QED) is 0.346. The third-order valence-corrected chi connectivity index (χ3v) is 5.41. The number of carbonyl (C=O) groups is 2. The van der Waals surface area contributed by atoms with Crippen LogP contribution in [0.15, 0.2) is 34.8 Å². The first-order valence-corrected chi connectivity index (χ1v) is 10.4. The van der Waals surface area contributed by atoms with E-state index in [4.69, 9.17) is 10.5 Å². The molecule has 0 spiro atoms. The van der Waals surface area contributed by atoms with E-state index in [1.54, 1.807) is 31.5 Å². The summed E-state index contributed by atoms with van der Waals surface area (Å²) in [6.07, 6.45) is 4.55. The number of ether oxygens (including phenoxy) is 1. The SMILES string of the molecule is COCCCNC(=O)C(C#N)=Cc1c(N2CCC(C(N)=O)CC2)nc2ccccn2c1=O. The van der Waals surface area contributed by atoms with Gasteiger partial charge < -0.3 is 20.7 Å². The van der Waals surface area contributed by atoms with E-state index >= 15 is 0 Å². The van der Waals surface area contributed by atoms with Crippen LogP contribution in [-0.4, -0.2) is 54.5 Å². The number of anilines is 1. The van der Waals surface area contributed by atoms with Gasteiger partial charge in [0.25, 0.3) is 11.5 Å². The molecule has 1 aliphatic rings. The summed E-state index contributed by atoms with van der Waals surface area (Å²) >= 11 is 0. The minimum atomic E-state index is -0.570. The van der Waals surface area contributed by atoms with E-state index in [9.17, 15) is 19.6 Å². The number of primary amides is 1. The van der Waals surface area contributed by atoms with Crippen LogP contribution in [0.25, 0.3) is 11.7 Å². The number of nitrogens with two attached hydrogens (primary N) is 1. The van der Waals surface area contributed by atoms with Gasteiger partial charge in [-0.2, -0.15) is 5.26 Å². The first kappa shape index (κ1) is 23.0. The van der Waals surface area contributed by atoms with Gasteiger partial charge in [-0.05, 0) is 37.5 Å². The van der Waals surface area contributed by atoms with E-state index in [1.807, 2.05) is 11.0 Å². The van der Waals surface area contributed by atoms with Crippen molar-refractivity contribution in [1.82, 2.24) is 14.7 Å². The van der Waals surface area contributed by atoms with Crippen LogP contribution in [0.5, 0.6) is 0 Å². The molecule has 0 bridgehead atoms. The second-order valence-electron chi connectivity index (χ2n) is 7.52. The van der Waals surface area contributed by atoms with Gasteiger partial charge in [-0.15, -0.1) is 0 Å². The Balaban J connectivity index is 2.00. The monoisotopic (exact) mass is 438 g/mol. The van der Waals surface area contributed by atoms with E-state index < -0.39 is 5.91 Å². The Kier molecular flexibility index (Phi) is 7.57. The summed E-state index contributed by atoms with van der Waals surface area (Å²) in [5.74, 6) is -0.754. The number of piperidine rings is 1. The van der Waals surface area contributed by atoms with Crippen molar-refractivity contribution in [2.45, 2.75) is 19.3 Å². The molecule has 32 heavy (non-hydrogen) atoms. The zero-order valence-corrected chi connectivity index (χ0v) is 17.9. The van der Waals surface area contributed by atoms with E-state index in [2.05, 4.69) is 10.3 Å². The van der Waals surface area contributed by atoms with Crippen molar-refractivity contribution in [3.05, 3.63) is 45.9 Å². The highest BCUT2D eigenvalue weighted by Gasteiger charge is 2.26. The maximum Gasteiger partial charge on any atom is 0.267 e. The van der Waals surface area contributed by atoms with Crippen molar-refractivity contribution >= 4 is 29.4 Å². The minimum absolute atomic E-state index is 0.148. The maximum absolute atomic E-state index is 13.3. The predicted octanol–water partition coefficient (Wildman–Crippen LogP) is 0.456. The molecule has 0 atom stereocenters. The van der Waals surface area contributed by atoms with Crippen LogP contribution in [0.1, 0.15) is 24.8 Å². The molecule has 0 aliphatic carbocycles.